The van der Waals surface area contributed by atoms with Gasteiger partial charge in [0.05, 0.1) is 17.0 Å². The number of likely N-dealkylation sites (tertiary alicyclic amines) is 1. The number of nitrogens with one attached hydrogen (secondary N) is 2. The molecule has 4 rings (SSSR count). The summed E-state index contributed by atoms with van der Waals surface area (Å²) >= 11 is 2.06. The van der Waals surface area contributed by atoms with Crippen molar-refractivity contribution in [2.24, 2.45) is 0 Å². The molecule has 7 heteroatoms. The fourth-order valence-corrected chi connectivity index (χ4v) is 5.46. The van der Waals surface area contributed by atoms with Gasteiger partial charge < -0.3 is 10.2 Å². The third-order valence-electron chi connectivity index (χ3n) is 6.11. The van der Waals surface area contributed by atoms with Crippen molar-refractivity contribution in [3.05, 3.63) is 40.3 Å². The lowest BCUT2D eigenvalue weighted by atomic mass is 9.98. The van der Waals surface area contributed by atoms with Crippen LogP contribution in [0.1, 0.15) is 44.2 Å². The summed E-state index contributed by atoms with van der Waals surface area (Å²) in [6.07, 6.45) is 4.59. The van der Waals surface area contributed by atoms with Gasteiger partial charge in [-0.3, -0.25) is 9.59 Å². The van der Waals surface area contributed by atoms with Crippen LogP contribution < -0.4 is 10.9 Å². The highest BCUT2D eigenvalue weighted by Gasteiger charge is 2.28. The number of aromatic amines is 1. The van der Waals surface area contributed by atoms with Gasteiger partial charge in [-0.25, -0.2) is 5.10 Å². The van der Waals surface area contributed by atoms with Crippen LogP contribution in [0.3, 0.4) is 0 Å². The first-order valence-electron chi connectivity index (χ1n) is 10.2. The van der Waals surface area contributed by atoms with Crippen LogP contribution in [0.5, 0.6) is 0 Å². The van der Waals surface area contributed by atoms with Crippen LogP contribution in [0.15, 0.2) is 29.1 Å². The smallest absolute Gasteiger partial charge is 0.272 e. The number of carbonyl (C=O) groups excluding carboxylic acids is 1. The number of thioether (sulfide) groups is 1. The second kappa shape index (κ2) is 8.66. The highest BCUT2D eigenvalue weighted by molar-refractivity contribution is 7.99. The van der Waals surface area contributed by atoms with Gasteiger partial charge in [0.25, 0.3) is 5.56 Å². The van der Waals surface area contributed by atoms with E-state index in [1.165, 1.54) is 24.3 Å². The van der Waals surface area contributed by atoms with Crippen molar-refractivity contribution in [2.45, 2.75) is 50.6 Å². The maximum Gasteiger partial charge on any atom is 0.272 e. The molecule has 2 aliphatic rings. The fourth-order valence-electron chi connectivity index (χ4n) is 4.38. The molecule has 2 aromatic rings. The number of nitrogens with zero attached hydrogens (tertiary/aromatic N) is 2. The van der Waals surface area contributed by atoms with Crippen LogP contribution in [0, 0.1) is 0 Å². The van der Waals surface area contributed by atoms with Crippen molar-refractivity contribution in [3.63, 3.8) is 0 Å². The molecule has 150 valence electrons. The Balaban J connectivity index is 1.38. The van der Waals surface area contributed by atoms with Gasteiger partial charge in [-0.1, -0.05) is 18.2 Å². The van der Waals surface area contributed by atoms with Crippen molar-refractivity contribution in [1.82, 2.24) is 20.4 Å². The number of amides is 1. The molecule has 2 saturated heterocycles. The first kappa shape index (κ1) is 19.5. The number of hydrogen-bond acceptors (Lipinski definition) is 5. The Labute approximate surface area is 169 Å². The largest absolute Gasteiger partial charge is 0.353 e. The summed E-state index contributed by atoms with van der Waals surface area (Å²) < 4.78 is 0. The zero-order valence-electron chi connectivity index (χ0n) is 16.3. The predicted octanol–water partition coefficient (Wildman–Crippen LogP) is 2.50. The van der Waals surface area contributed by atoms with Gasteiger partial charge in [-0.05, 0) is 50.2 Å². The van der Waals surface area contributed by atoms with E-state index in [4.69, 9.17) is 0 Å². The number of fused-ring (bicyclic) bond motifs is 1. The van der Waals surface area contributed by atoms with E-state index < -0.39 is 5.92 Å². The summed E-state index contributed by atoms with van der Waals surface area (Å²) in [6.45, 7) is 3.99. The highest BCUT2D eigenvalue weighted by atomic mass is 32.2. The minimum absolute atomic E-state index is 0.0165. The molecule has 2 N–H and O–H groups in total. The third kappa shape index (κ3) is 4.10. The summed E-state index contributed by atoms with van der Waals surface area (Å²) in [5, 5.41) is 11.3. The lowest BCUT2D eigenvalue weighted by Gasteiger charge is -2.39. The zero-order chi connectivity index (χ0) is 19.5. The van der Waals surface area contributed by atoms with Crippen molar-refractivity contribution < 1.29 is 4.79 Å². The Morgan fingerprint density at radius 1 is 1.18 bits per heavy atom. The Bertz CT molecular complexity index is 885. The Morgan fingerprint density at radius 3 is 2.57 bits per heavy atom. The minimum Gasteiger partial charge on any atom is -0.353 e. The number of H-pyrrole nitrogens is 1. The predicted molar refractivity (Wildman–Crippen MR) is 114 cm³/mol. The fraction of sp³-hybridized carbons (Fsp3) is 0.571. The molecule has 2 aliphatic heterocycles. The molecule has 28 heavy (non-hydrogen) atoms. The molecule has 0 saturated carbocycles. The molecule has 0 bridgehead atoms. The minimum atomic E-state index is -0.407. The summed E-state index contributed by atoms with van der Waals surface area (Å²) in [5.74, 6) is 2.13. The monoisotopic (exact) mass is 400 g/mol. The van der Waals surface area contributed by atoms with Crippen LogP contribution in [0.4, 0.5) is 0 Å². The van der Waals surface area contributed by atoms with Crippen LogP contribution >= 0.6 is 11.8 Å². The van der Waals surface area contributed by atoms with E-state index in [0.29, 0.717) is 11.1 Å². The molecule has 1 unspecified atom stereocenters. The first-order chi connectivity index (χ1) is 13.6. The number of piperidine rings is 1. The van der Waals surface area contributed by atoms with Gasteiger partial charge >= 0.3 is 0 Å². The second-order valence-electron chi connectivity index (χ2n) is 7.87. The molecule has 1 amide bonds. The number of hydrogen-bond donors (Lipinski definition) is 2. The van der Waals surface area contributed by atoms with E-state index in [1.54, 1.807) is 6.07 Å². The number of rotatable bonds is 4. The molecular formula is C21H28N4O2S. The molecular weight excluding hydrogens is 372 g/mol. The summed E-state index contributed by atoms with van der Waals surface area (Å²) in [7, 11) is 0. The maximum absolute atomic E-state index is 12.9. The molecule has 1 aromatic carbocycles. The van der Waals surface area contributed by atoms with E-state index in [2.05, 4.69) is 32.2 Å². The van der Waals surface area contributed by atoms with Crippen molar-refractivity contribution in [2.75, 3.05) is 24.6 Å². The average Bonchev–Trinajstić information content (AvgIpc) is 2.75. The molecule has 0 spiro atoms. The quantitative estimate of drug-likeness (QED) is 0.825. The van der Waals surface area contributed by atoms with Gasteiger partial charge in [0.15, 0.2) is 0 Å². The van der Waals surface area contributed by atoms with E-state index >= 15 is 0 Å². The average molecular weight is 401 g/mol. The van der Waals surface area contributed by atoms with E-state index in [-0.39, 0.29) is 17.5 Å². The van der Waals surface area contributed by atoms with Gasteiger partial charge in [0.1, 0.15) is 0 Å². The van der Waals surface area contributed by atoms with Gasteiger partial charge in [-0.2, -0.15) is 16.9 Å². The molecule has 0 radical (unpaired) electrons. The molecule has 0 aliphatic carbocycles. The van der Waals surface area contributed by atoms with Gasteiger partial charge in [-0.15, -0.1) is 0 Å². The van der Waals surface area contributed by atoms with Crippen LogP contribution in [-0.4, -0.2) is 57.7 Å². The summed E-state index contributed by atoms with van der Waals surface area (Å²) in [5.41, 5.74) is 0.408. The summed E-state index contributed by atoms with van der Waals surface area (Å²) in [4.78, 5) is 27.5. The molecule has 1 aromatic heterocycles. The van der Waals surface area contributed by atoms with Crippen molar-refractivity contribution >= 4 is 28.4 Å². The second-order valence-corrected chi connectivity index (χ2v) is 9.09. The number of aromatic nitrogens is 2. The standard InChI is InChI=1S/C21H28N4O2S/c1-14(19-17-4-2-3-5-18(17)21(27)24-23-19)20(26)22-15-6-10-25(11-7-15)16-8-12-28-13-9-16/h2-5,14-16H,6-13H2,1H3,(H,22,26)(H,24,27). The zero-order valence-corrected chi connectivity index (χ0v) is 17.1. The van der Waals surface area contributed by atoms with Gasteiger partial charge in [0.2, 0.25) is 5.91 Å². The Kier molecular flexibility index (Phi) is 6.01. The lowest BCUT2D eigenvalue weighted by Crippen LogP contribution is -2.49. The molecule has 6 nitrogen and oxygen atoms in total. The molecule has 1 atom stereocenters. The molecule has 2 fully saturated rings. The third-order valence-corrected chi connectivity index (χ3v) is 7.16. The maximum atomic E-state index is 12.9. The Morgan fingerprint density at radius 2 is 1.86 bits per heavy atom. The van der Waals surface area contributed by atoms with Crippen LogP contribution in [0.25, 0.3) is 10.8 Å². The van der Waals surface area contributed by atoms with Gasteiger partial charge in [0, 0.05) is 30.6 Å². The lowest BCUT2D eigenvalue weighted by molar-refractivity contribution is -0.123. The normalized spacial score (nSPS) is 20.9. The number of carbonyl (C=O) groups is 1. The Hall–Kier alpha value is -1.86. The number of benzene rings is 1. The highest BCUT2D eigenvalue weighted by Crippen LogP contribution is 2.25. The van der Waals surface area contributed by atoms with Crippen LogP contribution in [0.2, 0.25) is 0 Å². The molecule has 3 heterocycles. The van der Waals surface area contributed by atoms with E-state index in [9.17, 15) is 9.59 Å². The summed E-state index contributed by atoms with van der Waals surface area (Å²) in [6, 6.07) is 8.27. The first-order valence-corrected chi connectivity index (χ1v) is 11.4. The van der Waals surface area contributed by atoms with Crippen molar-refractivity contribution in [3.8, 4) is 0 Å². The topological polar surface area (TPSA) is 78.1 Å². The van der Waals surface area contributed by atoms with E-state index in [0.717, 1.165) is 37.4 Å². The van der Waals surface area contributed by atoms with Crippen molar-refractivity contribution in [1.29, 1.82) is 0 Å². The van der Waals surface area contributed by atoms with Crippen LogP contribution in [-0.2, 0) is 4.79 Å². The van der Waals surface area contributed by atoms with E-state index in [1.807, 2.05) is 25.1 Å². The SMILES string of the molecule is CC(C(=O)NC1CCN(C2CCSCC2)CC1)c1n[nH]c(=O)c2ccccc12.